The van der Waals surface area contributed by atoms with Gasteiger partial charge in [-0.1, -0.05) is 34.4 Å². The van der Waals surface area contributed by atoms with Crippen LogP contribution in [0.1, 0.15) is 53.3 Å². The second kappa shape index (κ2) is 11.5. The molecule has 3 fully saturated rings. The normalized spacial score (nSPS) is 22.5. The highest BCUT2D eigenvalue weighted by atomic mass is 35.5. The zero-order valence-electron chi connectivity index (χ0n) is 21.0. The number of nitrogens with zero attached hydrogens (tertiary/aromatic N) is 3. The molecular weight excluding hydrogens is 513 g/mol. The molecule has 1 aliphatic heterocycles. The first-order valence-corrected chi connectivity index (χ1v) is 13.4. The summed E-state index contributed by atoms with van der Waals surface area (Å²) in [6.45, 7) is 2.40. The molecule has 7 nitrogen and oxygen atoms in total. The van der Waals surface area contributed by atoms with E-state index in [1.54, 1.807) is 20.4 Å². The van der Waals surface area contributed by atoms with Gasteiger partial charge in [-0.15, -0.1) is 0 Å². The van der Waals surface area contributed by atoms with Crippen LogP contribution >= 0.6 is 23.2 Å². The number of hydrogen-bond donors (Lipinski definition) is 0. The molecule has 3 aromatic rings. The third-order valence-corrected chi connectivity index (χ3v) is 8.00. The highest BCUT2D eigenvalue weighted by molar-refractivity contribution is 6.39. The maximum Gasteiger partial charge on any atom is 0.151 e. The van der Waals surface area contributed by atoms with E-state index in [0.717, 1.165) is 62.2 Å². The summed E-state index contributed by atoms with van der Waals surface area (Å²) in [5, 5.41) is 5.50. The number of rotatable bonds is 7. The molecule has 196 valence electrons. The maximum absolute atomic E-state index is 10.9. The lowest BCUT2D eigenvalue weighted by molar-refractivity contribution is 0.0402. The smallest absolute Gasteiger partial charge is 0.151 e. The molecule has 0 radical (unpaired) electrons. The van der Waals surface area contributed by atoms with Crippen molar-refractivity contribution in [2.24, 2.45) is 11.8 Å². The van der Waals surface area contributed by atoms with Gasteiger partial charge in [0.05, 0.1) is 22.8 Å². The number of fused-ring (bicyclic) bond motifs is 1. The van der Waals surface area contributed by atoms with Crippen molar-refractivity contribution in [3.8, 4) is 11.3 Å². The predicted molar refractivity (Wildman–Crippen MR) is 143 cm³/mol. The first kappa shape index (κ1) is 26.2. The van der Waals surface area contributed by atoms with E-state index >= 15 is 0 Å². The van der Waals surface area contributed by atoms with Gasteiger partial charge in [0.1, 0.15) is 17.3 Å². The van der Waals surface area contributed by atoms with Crippen LogP contribution in [-0.2, 0) is 16.1 Å². The summed E-state index contributed by atoms with van der Waals surface area (Å²) in [6, 6.07) is 9.24. The van der Waals surface area contributed by atoms with Gasteiger partial charge < -0.3 is 18.9 Å². The molecule has 0 bridgehead atoms. The van der Waals surface area contributed by atoms with Crippen molar-refractivity contribution in [1.82, 2.24) is 10.1 Å². The minimum Gasteiger partial charge on any atom is -0.388 e. The number of aldehydes is 1. The third-order valence-electron chi connectivity index (χ3n) is 7.37. The third kappa shape index (κ3) is 5.70. The van der Waals surface area contributed by atoms with Crippen LogP contribution in [0.3, 0.4) is 0 Å². The Labute approximate surface area is 227 Å². The van der Waals surface area contributed by atoms with Crippen molar-refractivity contribution < 1.29 is 18.8 Å². The summed E-state index contributed by atoms with van der Waals surface area (Å²) in [5.41, 5.74) is 3.00. The first-order chi connectivity index (χ1) is 18.0. The van der Waals surface area contributed by atoms with Gasteiger partial charge in [-0.3, -0.25) is 4.79 Å². The molecule has 3 heterocycles. The number of pyridine rings is 1. The number of carbonyl (C=O) groups excluding carboxylic acids is 1. The van der Waals surface area contributed by atoms with Crippen LogP contribution in [0.4, 0.5) is 5.82 Å². The molecule has 0 amide bonds. The Morgan fingerprint density at radius 1 is 1.08 bits per heavy atom. The van der Waals surface area contributed by atoms with E-state index in [-0.39, 0.29) is 6.10 Å². The number of carbonyl (C=O) groups is 1. The topological polar surface area (TPSA) is 77.7 Å². The van der Waals surface area contributed by atoms with E-state index in [4.69, 9.17) is 32.5 Å². The predicted octanol–water partition coefficient (Wildman–Crippen LogP) is 6.43. The van der Waals surface area contributed by atoms with Gasteiger partial charge in [-0.25, -0.2) is 4.98 Å². The van der Waals surface area contributed by atoms with Crippen molar-refractivity contribution in [3.05, 3.63) is 63.5 Å². The van der Waals surface area contributed by atoms with Crippen molar-refractivity contribution in [1.29, 1.82) is 0 Å². The Hall–Kier alpha value is -2.45. The van der Waals surface area contributed by atoms with E-state index in [1.165, 1.54) is 0 Å². The van der Waals surface area contributed by atoms with Crippen LogP contribution in [0.25, 0.3) is 11.3 Å². The lowest BCUT2D eigenvalue weighted by Gasteiger charge is -2.20. The quantitative estimate of drug-likeness (QED) is 0.318. The lowest BCUT2D eigenvalue weighted by atomic mass is 10.0. The Morgan fingerprint density at radius 2 is 1.76 bits per heavy atom. The summed E-state index contributed by atoms with van der Waals surface area (Å²) >= 11 is 13.0. The Morgan fingerprint density at radius 3 is 2.32 bits per heavy atom. The van der Waals surface area contributed by atoms with Crippen LogP contribution in [0, 0.1) is 11.8 Å². The van der Waals surface area contributed by atoms with Crippen molar-refractivity contribution in [2.45, 2.75) is 44.3 Å². The number of ether oxygens (including phenoxy) is 2. The molecule has 0 N–H and O–H groups in total. The van der Waals surface area contributed by atoms with Gasteiger partial charge in [0.15, 0.2) is 6.29 Å². The molecule has 1 aromatic carbocycles. The second-order valence-electron chi connectivity index (χ2n) is 10.1. The van der Waals surface area contributed by atoms with Crippen LogP contribution in [0.5, 0.6) is 0 Å². The van der Waals surface area contributed by atoms with E-state index in [1.807, 2.05) is 30.3 Å². The van der Waals surface area contributed by atoms with Crippen LogP contribution in [0.2, 0.25) is 10.0 Å². The minimum absolute atomic E-state index is 0.207. The first-order valence-electron chi connectivity index (χ1n) is 12.6. The fourth-order valence-electron chi connectivity index (χ4n) is 5.47. The van der Waals surface area contributed by atoms with E-state index in [0.29, 0.717) is 51.2 Å². The molecule has 2 unspecified atom stereocenters. The Kier molecular flexibility index (Phi) is 8.15. The second-order valence-corrected chi connectivity index (χ2v) is 10.9. The van der Waals surface area contributed by atoms with E-state index < -0.39 is 0 Å². The number of hydrogen-bond acceptors (Lipinski definition) is 7. The summed E-state index contributed by atoms with van der Waals surface area (Å²) in [6.07, 6.45) is 6.96. The van der Waals surface area contributed by atoms with Gasteiger partial charge in [0.25, 0.3) is 0 Å². The zero-order chi connectivity index (χ0) is 25.9. The molecule has 2 saturated carbocycles. The largest absolute Gasteiger partial charge is 0.388 e. The van der Waals surface area contributed by atoms with Gasteiger partial charge in [-0.2, -0.15) is 0 Å². The van der Waals surface area contributed by atoms with Gasteiger partial charge in [-0.05, 0) is 61.8 Å². The molecule has 2 aromatic heterocycles. The van der Waals surface area contributed by atoms with Gasteiger partial charge in [0, 0.05) is 56.1 Å². The Bertz CT molecular complexity index is 1190. The standard InChI is InChI=1S/C26H25Cl2N3O3.C2H6O/c27-21-2-1-3-22(28)24(21)25-20(26(34-30-25)16-5-6-16)14-33-19-8-17-11-31(12-18(17)9-19)23-7-4-15(13-32)10-29-23;1-3-2/h1-4,7,10,13,16-19H,5-6,8-9,11-12,14H2;1-2H3/t17-,18?,19?;/m0./s1. The fraction of sp³-hybridized carbons (Fsp3) is 0.464. The van der Waals surface area contributed by atoms with Crippen molar-refractivity contribution >= 4 is 35.3 Å². The average Bonchev–Trinajstić information content (AvgIpc) is 3.36. The average molecular weight is 544 g/mol. The highest BCUT2D eigenvalue weighted by Gasteiger charge is 2.42. The zero-order valence-corrected chi connectivity index (χ0v) is 22.5. The highest BCUT2D eigenvalue weighted by Crippen LogP contribution is 2.47. The fourth-order valence-corrected chi connectivity index (χ4v) is 6.05. The van der Waals surface area contributed by atoms with Gasteiger partial charge in [0.2, 0.25) is 0 Å². The molecule has 0 spiro atoms. The SMILES string of the molecule is COC.O=Cc1ccc(N2CC3CC(OCc4c(-c5c(Cl)cccc5Cl)noc4C4CC4)C[C@H]3C2)nc1. The maximum atomic E-state index is 10.9. The number of aromatic nitrogens is 2. The van der Waals surface area contributed by atoms with E-state index in [9.17, 15) is 4.79 Å². The summed E-state index contributed by atoms with van der Waals surface area (Å²) < 4.78 is 16.5. The van der Waals surface area contributed by atoms with Crippen LogP contribution < -0.4 is 4.90 Å². The minimum atomic E-state index is 0.207. The number of benzene rings is 1. The van der Waals surface area contributed by atoms with Crippen LogP contribution in [0.15, 0.2) is 41.1 Å². The molecule has 3 aliphatic rings. The number of methoxy groups -OCH3 is 1. The molecule has 9 heteroatoms. The lowest BCUT2D eigenvalue weighted by Crippen LogP contribution is -2.24. The van der Waals surface area contributed by atoms with Crippen LogP contribution in [-0.4, -0.2) is 49.8 Å². The van der Waals surface area contributed by atoms with Crippen molar-refractivity contribution in [2.75, 3.05) is 32.2 Å². The summed E-state index contributed by atoms with van der Waals surface area (Å²) in [4.78, 5) is 17.7. The monoisotopic (exact) mass is 543 g/mol. The molecule has 37 heavy (non-hydrogen) atoms. The Balaban J connectivity index is 0.000000892. The summed E-state index contributed by atoms with van der Waals surface area (Å²) in [7, 11) is 3.25. The number of halogens is 2. The molecule has 1 saturated heterocycles. The van der Waals surface area contributed by atoms with E-state index in [2.05, 4.69) is 19.8 Å². The number of anilines is 1. The molecule has 6 rings (SSSR count). The van der Waals surface area contributed by atoms with Crippen molar-refractivity contribution in [3.63, 3.8) is 0 Å². The molecule has 2 aliphatic carbocycles. The molecule has 3 atom stereocenters. The molecular formula is C28H31Cl2N3O4. The summed E-state index contributed by atoms with van der Waals surface area (Å²) in [5.74, 6) is 3.44. The van der Waals surface area contributed by atoms with Gasteiger partial charge >= 0.3 is 0 Å².